The van der Waals surface area contributed by atoms with Crippen LogP contribution in [0.5, 0.6) is 5.75 Å². The number of ether oxygens (including phenoxy) is 1. The van der Waals surface area contributed by atoms with Crippen molar-refractivity contribution in [3.8, 4) is 17.0 Å². The lowest BCUT2D eigenvalue weighted by Gasteiger charge is -2.22. The molecule has 0 aliphatic carbocycles. The number of likely N-dealkylation sites (N-methyl/N-ethyl adjacent to an activating group) is 1. The predicted octanol–water partition coefficient (Wildman–Crippen LogP) is 1.80. The minimum Gasteiger partial charge on any atom is -0.490 e. The fraction of sp³-hybridized carbons (Fsp3) is 0.529. The standard InChI is InChI=1S/C17H24N4O2/c1-2-20-9-5-6-14(20)12-21-13-16(18-19-21)15-7-3-4-8-17(15)23-11-10-22/h3-4,7-8,13-14,22H,2,5-6,9-12H2,1H3/t14-/m1/s1. The predicted molar refractivity (Wildman–Crippen MR) is 88.3 cm³/mol. The molecule has 1 aliphatic rings. The number of hydrogen-bond acceptors (Lipinski definition) is 5. The lowest BCUT2D eigenvalue weighted by molar-refractivity contribution is 0.202. The molecule has 1 saturated heterocycles. The number of hydrogen-bond donors (Lipinski definition) is 1. The molecule has 1 aromatic heterocycles. The van der Waals surface area contributed by atoms with E-state index in [9.17, 15) is 0 Å². The number of aromatic nitrogens is 3. The van der Waals surface area contributed by atoms with Crippen LogP contribution in [-0.4, -0.2) is 57.3 Å². The van der Waals surface area contributed by atoms with E-state index in [1.54, 1.807) is 0 Å². The molecule has 0 saturated carbocycles. The van der Waals surface area contributed by atoms with Crippen molar-refractivity contribution in [2.24, 2.45) is 0 Å². The van der Waals surface area contributed by atoms with E-state index in [1.165, 1.54) is 19.4 Å². The molecule has 0 radical (unpaired) electrons. The van der Waals surface area contributed by atoms with Crippen molar-refractivity contribution in [2.45, 2.75) is 32.4 Å². The Labute approximate surface area is 136 Å². The summed E-state index contributed by atoms with van der Waals surface area (Å²) in [6.45, 7) is 5.62. The molecule has 23 heavy (non-hydrogen) atoms. The first-order valence-electron chi connectivity index (χ1n) is 8.29. The second kappa shape index (κ2) is 7.57. The zero-order valence-electron chi connectivity index (χ0n) is 13.6. The molecule has 0 spiro atoms. The Kier molecular flexibility index (Phi) is 5.25. The molecule has 124 valence electrons. The quantitative estimate of drug-likeness (QED) is 0.844. The van der Waals surface area contributed by atoms with E-state index in [4.69, 9.17) is 9.84 Å². The van der Waals surface area contributed by atoms with Crippen LogP contribution in [0.3, 0.4) is 0 Å². The van der Waals surface area contributed by atoms with E-state index in [0.717, 1.165) is 30.1 Å². The van der Waals surface area contributed by atoms with Crippen LogP contribution < -0.4 is 4.74 Å². The Morgan fingerprint density at radius 2 is 2.22 bits per heavy atom. The molecule has 2 heterocycles. The highest BCUT2D eigenvalue weighted by atomic mass is 16.5. The fourth-order valence-electron chi connectivity index (χ4n) is 3.20. The molecule has 2 aromatic rings. The highest BCUT2D eigenvalue weighted by molar-refractivity contribution is 5.66. The lowest BCUT2D eigenvalue weighted by Crippen LogP contribution is -2.32. The fourth-order valence-corrected chi connectivity index (χ4v) is 3.20. The maximum absolute atomic E-state index is 8.94. The first kappa shape index (κ1) is 16.0. The van der Waals surface area contributed by atoms with Crippen LogP contribution >= 0.6 is 0 Å². The Balaban J connectivity index is 1.74. The topological polar surface area (TPSA) is 63.4 Å². The molecule has 0 amide bonds. The van der Waals surface area contributed by atoms with Crippen molar-refractivity contribution in [3.63, 3.8) is 0 Å². The maximum Gasteiger partial charge on any atom is 0.128 e. The Morgan fingerprint density at radius 3 is 3.04 bits per heavy atom. The van der Waals surface area contributed by atoms with Gasteiger partial charge in [-0.05, 0) is 38.1 Å². The van der Waals surface area contributed by atoms with E-state index < -0.39 is 0 Å². The van der Waals surface area contributed by atoms with Gasteiger partial charge in [0.15, 0.2) is 0 Å². The summed E-state index contributed by atoms with van der Waals surface area (Å²) in [4.78, 5) is 2.50. The van der Waals surface area contributed by atoms with Gasteiger partial charge in [0, 0.05) is 11.6 Å². The van der Waals surface area contributed by atoms with E-state index >= 15 is 0 Å². The number of para-hydroxylation sites is 1. The molecule has 1 aromatic carbocycles. The largest absolute Gasteiger partial charge is 0.490 e. The minimum absolute atomic E-state index is 0.00441. The number of likely N-dealkylation sites (tertiary alicyclic amines) is 1. The molecule has 3 rings (SSSR count). The summed E-state index contributed by atoms with van der Waals surface area (Å²) >= 11 is 0. The molecular weight excluding hydrogens is 292 g/mol. The highest BCUT2D eigenvalue weighted by Gasteiger charge is 2.23. The normalized spacial score (nSPS) is 18.4. The number of aliphatic hydroxyl groups excluding tert-OH is 1. The third-order valence-electron chi connectivity index (χ3n) is 4.35. The van der Waals surface area contributed by atoms with Crippen LogP contribution in [-0.2, 0) is 6.54 Å². The summed E-state index contributed by atoms with van der Waals surface area (Å²) in [6.07, 6.45) is 4.46. The molecule has 1 fully saturated rings. The molecule has 1 aliphatic heterocycles. The van der Waals surface area contributed by atoms with Crippen LogP contribution in [0, 0.1) is 0 Å². The zero-order chi connectivity index (χ0) is 16.1. The van der Waals surface area contributed by atoms with Gasteiger partial charge in [0.1, 0.15) is 18.1 Å². The number of rotatable bonds is 7. The Bertz CT molecular complexity index is 629. The van der Waals surface area contributed by atoms with Crippen LogP contribution in [0.25, 0.3) is 11.3 Å². The lowest BCUT2D eigenvalue weighted by atomic mass is 10.1. The van der Waals surface area contributed by atoms with Crippen LogP contribution in [0.4, 0.5) is 0 Å². The third kappa shape index (κ3) is 3.71. The highest BCUT2D eigenvalue weighted by Crippen LogP contribution is 2.28. The molecule has 0 unspecified atom stereocenters. The van der Waals surface area contributed by atoms with Gasteiger partial charge in [-0.2, -0.15) is 0 Å². The summed E-state index contributed by atoms with van der Waals surface area (Å²) in [5, 5.41) is 17.5. The van der Waals surface area contributed by atoms with Crippen molar-refractivity contribution in [2.75, 3.05) is 26.3 Å². The SMILES string of the molecule is CCN1CCC[C@@H]1Cn1cc(-c2ccccc2OCCO)nn1. The van der Waals surface area contributed by atoms with E-state index in [2.05, 4.69) is 22.1 Å². The van der Waals surface area contributed by atoms with Crippen LogP contribution in [0.1, 0.15) is 19.8 Å². The van der Waals surface area contributed by atoms with E-state index in [-0.39, 0.29) is 13.2 Å². The number of benzene rings is 1. The smallest absolute Gasteiger partial charge is 0.128 e. The monoisotopic (exact) mass is 316 g/mol. The van der Waals surface area contributed by atoms with Crippen molar-refractivity contribution in [1.82, 2.24) is 19.9 Å². The number of aliphatic hydroxyl groups is 1. The van der Waals surface area contributed by atoms with E-state index in [1.807, 2.05) is 35.1 Å². The van der Waals surface area contributed by atoms with Gasteiger partial charge < -0.3 is 9.84 Å². The molecule has 1 N–H and O–H groups in total. The van der Waals surface area contributed by atoms with Crippen molar-refractivity contribution < 1.29 is 9.84 Å². The van der Waals surface area contributed by atoms with E-state index in [0.29, 0.717) is 6.04 Å². The minimum atomic E-state index is -0.00441. The first-order valence-corrected chi connectivity index (χ1v) is 8.29. The summed E-state index contributed by atoms with van der Waals surface area (Å²) < 4.78 is 7.51. The van der Waals surface area contributed by atoms with Gasteiger partial charge in [-0.1, -0.05) is 24.3 Å². The molecular formula is C17H24N4O2. The zero-order valence-corrected chi connectivity index (χ0v) is 13.6. The average Bonchev–Trinajstić information content (AvgIpc) is 3.23. The second-order valence-corrected chi connectivity index (χ2v) is 5.82. The Morgan fingerprint density at radius 1 is 1.35 bits per heavy atom. The van der Waals surface area contributed by atoms with Crippen molar-refractivity contribution >= 4 is 0 Å². The van der Waals surface area contributed by atoms with Gasteiger partial charge >= 0.3 is 0 Å². The van der Waals surface area contributed by atoms with Gasteiger partial charge in [0.25, 0.3) is 0 Å². The summed E-state index contributed by atoms with van der Waals surface area (Å²) in [5.41, 5.74) is 1.71. The first-order chi connectivity index (χ1) is 11.3. The van der Waals surface area contributed by atoms with Gasteiger partial charge in [0.05, 0.1) is 19.3 Å². The second-order valence-electron chi connectivity index (χ2n) is 5.82. The van der Waals surface area contributed by atoms with Crippen molar-refractivity contribution in [1.29, 1.82) is 0 Å². The maximum atomic E-state index is 8.94. The van der Waals surface area contributed by atoms with Gasteiger partial charge in [-0.3, -0.25) is 9.58 Å². The molecule has 1 atom stereocenters. The van der Waals surface area contributed by atoms with Crippen LogP contribution in [0.2, 0.25) is 0 Å². The van der Waals surface area contributed by atoms with Gasteiger partial charge in [-0.15, -0.1) is 5.10 Å². The van der Waals surface area contributed by atoms with Gasteiger partial charge in [0.2, 0.25) is 0 Å². The third-order valence-corrected chi connectivity index (χ3v) is 4.35. The summed E-state index contributed by atoms with van der Waals surface area (Å²) in [7, 11) is 0. The molecule has 6 nitrogen and oxygen atoms in total. The molecule has 0 bridgehead atoms. The number of nitrogens with zero attached hydrogens (tertiary/aromatic N) is 4. The van der Waals surface area contributed by atoms with Gasteiger partial charge in [-0.25, -0.2) is 0 Å². The Hall–Kier alpha value is -1.92. The average molecular weight is 316 g/mol. The summed E-state index contributed by atoms with van der Waals surface area (Å²) in [6, 6.07) is 8.28. The molecule has 6 heteroatoms. The summed E-state index contributed by atoms with van der Waals surface area (Å²) in [5.74, 6) is 0.727. The van der Waals surface area contributed by atoms with Crippen LogP contribution in [0.15, 0.2) is 30.5 Å². The van der Waals surface area contributed by atoms with Crippen molar-refractivity contribution in [3.05, 3.63) is 30.5 Å².